The number of benzene rings is 1. The van der Waals surface area contributed by atoms with Crippen LogP contribution in [0.1, 0.15) is 29.0 Å². The first kappa shape index (κ1) is 17.8. The molecular formula is C19H15ClN2O4. The van der Waals surface area contributed by atoms with Gasteiger partial charge in [-0.1, -0.05) is 17.7 Å². The van der Waals surface area contributed by atoms with E-state index in [1.165, 1.54) is 18.2 Å². The summed E-state index contributed by atoms with van der Waals surface area (Å²) in [6.07, 6.45) is 3.31. The third kappa shape index (κ3) is 3.63. The van der Waals surface area contributed by atoms with Crippen LogP contribution in [0.15, 0.2) is 40.3 Å². The van der Waals surface area contributed by atoms with Crippen LogP contribution < -0.4 is 0 Å². The summed E-state index contributed by atoms with van der Waals surface area (Å²) >= 11 is 5.97. The summed E-state index contributed by atoms with van der Waals surface area (Å²) in [6.45, 7) is 1.32. The quantitative estimate of drug-likeness (QED) is 0.652. The predicted octanol–water partition coefficient (Wildman–Crippen LogP) is 3.83. The van der Waals surface area contributed by atoms with Crippen molar-refractivity contribution < 1.29 is 19.1 Å². The van der Waals surface area contributed by atoms with Crippen LogP contribution in [0.3, 0.4) is 0 Å². The molecule has 6 nitrogen and oxygen atoms in total. The SMILES string of the molecule is N#C/C(=C\c1ccc(-c2ccc(C(=O)O)c(Cl)c2)o1)C(=O)N1CCCC1. The fourth-order valence-corrected chi connectivity index (χ4v) is 3.06. The molecule has 0 atom stereocenters. The molecule has 2 aromatic rings. The highest BCUT2D eigenvalue weighted by atomic mass is 35.5. The average molecular weight is 371 g/mol. The number of rotatable bonds is 4. The number of nitriles is 1. The van der Waals surface area contributed by atoms with Gasteiger partial charge in [0.05, 0.1) is 10.6 Å². The number of carbonyl (C=O) groups excluding carboxylic acids is 1. The molecule has 26 heavy (non-hydrogen) atoms. The molecule has 1 aromatic carbocycles. The predicted molar refractivity (Wildman–Crippen MR) is 95.5 cm³/mol. The van der Waals surface area contributed by atoms with Crippen LogP contribution in [-0.2, 0) is 4.79 Å². The van der Waals surface area contributed by atoms with Crippen LogP contribution in [0.4, 0.5) is 0 Å². The highest BCUT2D eigenvalue weighted by Crippen LogP contribution is 2.28. The molecule has 0 saturated carbocycles. The zero-order valence-electron chi connectivity index (χ0n) is 13.7. The number of furan rings is 1. The summed E-state index contributed by atoms with van der Waals surface area (Å²) in [5.74, 6) is -0.580. The third-order valence-corrected chi connectivity index (χ3v) is 4.45. The molecule has 0 bridgehead atoms. The van der Waals surface area contributed by atoms with Gasteiger partial charge in [0.2, 0.25) is 0 Å². The van der Waals surface area contributed by atoms with Crippen LogP contribution in [0, 0.1) is 11.3 Å². The minimum absolute atomic E-state index is 0.00469. The van der Waals surface area contributed by atoms with Crippen molar-refractivity contribution in [3.8, 4) is 17.4 Å². The lowest BCUT2D eigenvalue weighted by atomic mass is 10.1. The van der Waals surface area contributed by atoms with Crippen LogP contribution in [0.25, 0.3) is 17.4 Å². The van der Waals surface area contributed by atoms with E-state index in [4.69, 9.17) is 21.1 Å². The van der Waals surface area contributed by atoms with Crippen molar-refractivity contribution in [2.75, 3.05) is 13.1 Å². The van der Waals surface area contributed by atoms with Gasteiger partial charge in [-0.2, -0.15) is 5.26 Å². The van der Waals surface area contributed by atoms with Crippen molar-refractivity contribution >= 4 is 29.6 Å². The van der Waals surface area contributed by atoms with Gasteiger partial charge in [0.1, 0.15) is 23.2 Å². The number of carboxylic acids is 1. The van der Waals surface area contributed by atoms with E-state index >= 15 is 0 Å². The maximum absolute atomic E-state index is 12.3. The molecule has 0 spiro atoms. The second-order valence-corrected chi connectivity index (χ2v) is 6.28. The van der Waals surface area contributed by atoms with Gasteiger partial charge in [-0.05, 0) is 37.1 Å². The van der Waals surface area contributed by atoms with E-state index in [9.17, 15) is 14.9 Å². The first-order valence-electron chi connectivity index (χ1n) is 8.03. The molecule has 1 saturated heterocycles. The molecule has 1 aliphatic heterocycles. The number of carboxylic acid groups (broad SMARTS) is 1. The Balaban J connectivity index is 1.85. The Hall–Kier alpha value is -3.04. The average Bonchev–Trinajstić information content (AvgIpc) is 3.30. The Kier molecular flexibility index (Phi) is 5.10. The highest BCUT2D eigenvalue weighted by molar-refractivity contribution is 6.33. The van der Waals surface area contributed by atoms with Gasteiger partial charge in [0.15, 0.2) is 0 Å². The third-order valence-electron chi connectivity index (χ3n) is 4.14. The van der Waals surface area contributed by atoms with Gasteiger partial charge < -0.3 is 14.4 Å². The van der Waals surface area contributed by atoms with Crippen molar-refractivity contribution in [2.24, 2.45) is 0 Å². The second-order valence-electron chi connectivity index (χ2n) is 5.87. The number of hydrogen-bond acceptors (Lipinski definition) is 4. The maximum atomic E-state index is 12.3. The Morgan fingerprint density at radius 1 is 1.23 bits per heavy atom. The molecule has 0 radical (unpaired) electrons. The van der Waals surface area contributed by atoms with Gasteiger partial charge in [0.25, 0.3) is 5.91 Å². The molecule has 7 heteroatoms. The molecule has 1 aliphatic rings. The van der Waals surface area contributed by atoms with Crippen LogP contribution in [-0.4, -0.2) is 35.0 Å². The second kappa shape index (κ2) is 7.46. The van der Waals surface area contributed by atoms with E-state index in [1.807, 2.05) is 6.07 Å². The summed E-state index contributed by atoms with van der Waals surface area (Å²) in [6, 6.07) is 9.73. The lowest BCUT2D eigenvalue weighted by Crippen LogP contribution is -2.28. The fourth-order valence-electron chi connectivity index (χ4n) is 2.80. The largest absolute Gasteiger partial charge is 0.478 e. The van der Waals surface area contributed by atoms with E-state index in [1.54, 1.807) is 23.1 Å². The van der Waals surface area contributed by atoms with Gasteiger partial charge in [-0.25, -0.2) is 4.79 Å². The van der Waals surface area contributed by atoms with E-state index in [2.05, 4.69) is 0 Å². The molecule has 1 fully saturated rings. The van der Waals surface area contributed by atoms with E-state index in [0.717, 1.165) is 12.8 Å². The zero-order valence-corrected chi connectivity index (χ0v) is 14.5. The minimum Gasteiger partial charge on any atom is -0.478 e. The summed E-state index contributed by atoms with van der Waals surface area (Å²) < 4.78 is 5.67. The Morgan fingerprint density at radius 3 is 2.58 bits per heavy atom. The summed E-state index contributed by atoms with van der Waals surface area (Å²) in [5.41, 5.74) is 0.626. The van der Waals surface area contributed by atoms with Gasteiger partial charge in [-0.3, -0.25) is 4.79 Å². The Morgan fingerprint density at radius 2 is 1.96 bits per heavy atom. The summed E-state index contributed by atoms with van der Waals surface area (Å²) in [7, 11) is 0. The normalized spacial score (nSPS) is 14.3. The molecular weight excluding hydrogens is 356 g/mol. The van der Waals surface area contributed by atoms with E-state index in [-0.39, 0.29) is 22.1 Å². The number of amides is 1. The van der Waals surface area contributed by atoms with Crippen LogP contribution in [0.2, 0.25) is 5.02 Å². The smallest absolute Gasteiger partial charge is 0.337 e. The Labute approximate surface area is 154 Å². The van der Waals surface area contributed by atoms with Gasteiger partial charge in [0, 0.05) is 24.7 Å². The van der Waals surface area contributed by atoms with Gasteiger partial charge in [-0.15, -0.1) is 0 Å². The minimum atomic E-state index is -1.11. The standard InChI is InChI=1S/C19H15ClN2O4/c20-16-10-12(3-5-15(16)19(24)25)17-6-4-14(26-17)9-13(11-21)18(23)22-7-1-2-8-22/h3-6,9-10H,1-2,7-8H2,(H,24,25)/b13-9+. The topological polar surface area (TPSA) is 94.5 Å². The number of nitrogens with zero attached hydrogens (tertiary/aromatic N) is 2. The van der Waals surface area contributed by atoms with Crippen molar-refractivity contribution in [1.29, 1.82) is 5.26 Å². The lowest BCUT2D eigenvalue weighted by Gasteiger charge is -2.13. The maximum Gasteiger partial charge on any atom is 0.337 e. The number of likely N-dealkylation sites (tertiary alicyclic amines) is 1. The number of aromatic carboxylic acids is 1. The monoisotopic (exact) mass is 370 g/mol. The molecule has 2 heterocycles. The first-order valence-corrected chi connectivity index (χ1v) is 8.41. The van der Waals surface area contributed by atoms with Crippen molar-refractivity contribution in [3.63, 3.8) is 0 Å². The Bertz CT molecular complexity index is 933. The first-order chi connectivity index (χ1) is 12.5. The zero-order chi connectivity index (χ0) is 18.7. The summed E-state index contributed by atoms with van der Waals surface area (Å²) in [4.78, 5) is 25.0. The van der Waals surface area contributed by atoms with E-state index < -0.39 is 5.97 Å². The molecule has 0 unspecified atom stereocenters. The highest BCUT2D eigenvalue weighted by Gasteiger charge is 2.22. The molecule has 1 aromatic heterocycles. The number of carbonyl (C=O) groups is 2. The van der Waals surface area contributed by atoms with Crippen LogP contribution in [0.5, 0.6) is 0 Å². The van der Waals surface area contributed by atoms with Crippen LogP contribution >= 0.6 is 11.6 Å². The lowest BCUT2D eigenvalue weighted by molar-refractivity contribution is -0.125. The summed E-state index contributed by atoms with van der Waals surface area (Å²) in [5, 5.41) is 18.4. The number of halogens is 1. The van der Waals surface area contributed by atoms with E-state index in [0.29, 0.717) is 30.2 Å². The fraction of sp³-hybridized carbons (Fsp3) is 0.211. The molecule has 132 valence electrons. The number of hydrogen-bond donors (Lipinski definition) is 1. The van der Waals surface area contributed by atoms with Crippen molar-refractivity contribution in [3.05, 3.63) is 52.3 Å². The molecule has 1 N–H and O–H groups in total. The molecule has 3 rings (SSSR count). The molecule has 0 aliphatic carbocycles. The van der Waals surface area contributed by atoms with Crippen molar-refractivity contribution in [2.45, 2.75) is 12.8 Å². The van der Waals surface area contributed by atoms with Gasteiger partial charge >= 0.3 is 5.97 Å². The van der Waals surface area contributed by atoms with Crippen molar-refractivity contribution in [1.82, 2.24) is 4.90 Å². The molecule has 1 amide bonds.